The van der Waals surface area contributed by atoms with E-state index >= 15 is 0 Å². The van der Waals surface area contributed by atoms with E-state index in [9.17, 15) is 0 Å². The number of benzene rings is 4. The normalized spacial score (nSPS) is 15.6. The molecule has 4 aromatic carbocycles. The molecule has 2 aliphatic carbocycles. The van der Waals surface area contributed by atoms with E-state index in [1.54, 1.807) is 22.3 Å². The third-order valence-corrected chi connectivity index (χ3v) is 18.2. The molecule has 0 saturated heterocycles. The number of thiophene rings is 2. The van der Waals surface area contributed by atoms with Crippen LogP contribution in [0, 0.1) is 0 Å². The van der Waals surface area contributed by atoms with E-state index in [4.69, 9.17) is 0 Å². The molecule has 2 atom stereocenters. The van der Waals surface area contributed by atoms with Gasteiger partial charge in [0.25, 0.3) is 0 Å². The average Bonchev–Trinajstić information content (AvgIpc) is 3.98. The summed E-state index contributed by atoms with van der Waals surface area (Å²) in [6.45, 7) is 13.7. The Hall–Kier alpha value is -2.78. The van der Waals surface area contributed by atoms with Gasteiger partial charge in [0.1, 0.15) is 0 Å². The van der Waals surface area contributed by atoms with Crippen molar-refractivity contribution in [2.45, 2.75) is 86.3 Å². The molecule has 0 aliphatic heterocycles. The molecule has 6 aromatic rings. The zero-order chi connectivity index (χ0) is 36.6. The maximum Gasteiger partial charge on any atom is -1.00 e. The first kappa shape index (κ1) is 41.8. The van der Waals surface area contributed by atoms with E-state index in [0.29, 0.717) is 19.1 Å². The van der Waals surface area contributed by atoms with Crippen LogP contribution in [0.15, 0.2) is 109 Å². The molecular formula is C50H50Cl2S2Zr. The zero-order valence-electron chi connectivity index (χ0n) is 32.8. The van der Waals surface area contributed by atoms with Gasteiger partial charge in [0.15, 0.2) is 0 Å². The molecule has 0 spiro atoms. The SMILES string of the molecule is CCCc1ccc(C2=Cc3c(-c4ccc(C(C)C)cc4)cccc3[CH]2[Zr+2][CH]2C(c3ccc(CCC)s3)=Cc3c(-c4ccc(C(C)C)cc4)cccc32)s1.[Cl-].[Cl-]. The molecule has 0 saturated carbocycles. The summed E-state index contributed by atoms with van der Waals surface area (Å²) in [6, 6.07) is 42.7. The van der Waals surface area contributed by atoms with Crippen molar-refractivity contribution in [2.75, 3.05) is 0 Å². The van der Waals surface area contributed by atoms with Gasteiger partial charge in [0.2, 0.25) is 0 Å². The van der Waals surface area contributed by atoms with E-state index in [0.717, 1.165) is 12.8 Å². The minimum Gasteiger partial charge on any atom is -1.00 e. The number of hydrogen-bond acceptors (Lipinski definition) is 2. The van der Waals surface area contributed by atoms with Crippen LogP contribution in [-0.4, -0.2) is 0 Å². The van der Waals surface area contributed by atoms with Crippen molar-refractivity contribution >= 4 is 46.0 Å². The minimum atomic E-state index is -1.20. The van der Waals surface area contributed by atoms with Crippen LogP contribution in [0.3, 0.4) is 0 Å². The van der Waals surface area contributed by atoms with Gasteiger partial charge in [-0.1, -0.05) is 0 Å². The van der Waals surface area contributed by atoms with E-state index < -0.39 is 23.2 Å². The van der Waals surface area contributed by atoms with Crippen LogP contribution >= 0.6 is 22.7 Å². The first-order valence-electron chi connectivity index (χ1n) is 19.7. The van der Waals surface area contributed by atoms with Gasteiger partial charge in [0.05, 0.1) is 0 Å². The van der Waals surface area contributed by atoms with Crippen molar-refractivity contribution in [3.63, 3.8) is 0 Å². The number of rotatable bonds is 12. The van der Waals surface area contributed by atoms with Crippen LogP contribution in [0.1, 0.15) is 126 Å². The van der Waals surface area contributed by atoms with Gasteiger partial charge in [-0.25, -0.2) is 0 Å². The van der Waals surface area contributed by atoms with Crippen LogP contribution in [-0.2, 0) is 36.1 Å². The van der Waals surface area contributed by atoms with Crippen molar-refractivity contribution in [1.29, 1.82) is 0 Å². The van der Waals surface area contributed by atoms with Gasteiger partial charge in [-0.2, -0.15) is 0 Å². The third kappa shape index (κ3) is 8.45. The summed E-state index contributed by atoms with van der Waals surface area (Å²) in [7, 11) is 0. The fourth-order valence-corrected chi connectivity index (χ4v) is 16.0. The first-order chi connectivity index (χ1) is 25.8. The van der Waals surface area contributed by atoms with Gasteiger partial charge >= 0.3 is 340 Å². The second kappa shape index (κ2) is 18.2. The summed E-state index contributed by atoms with van der Waals surface area (Å²) >= 11 is 2.87. The smallest absolute Gasteiger partial charge is 1.00 e. The van der Waals surface area contributed by atoms with Gasteiger partial charge in [-0.3, -0.25) is 0 Å². The van der Waals surface area contributed by atoms with Crippen molar-refractivity contribution in [3.8, 4) is 22.3 Å². The molecule has 0 fully saturated rings. The second-order valence-electron chi connectivity index (χ2n) is 15.4. The predicted octanol–water partition coefficient (Wildman–Crippen LogP) is 9.28. The summed E-state index contributed by atoms with van der Waals surface area (Å²) in [6.07, 6.45) is 9.89. The Morgan fingerprint density at radius 1 is 0.509 bits per heavy atom. The molecule has 0 amide bonds. The Kier molecular flexibility index (Phi) is 13.9. The molecule has 2 unspecified atom stereocenters. The number of hydrogen-bond donors (Lipinski definition) is 0. The Bertz CT molecular complexity index is 2140. The summed E-state index contributed by atoms with van der Waals surface area (Å²) in [5.74, 6) is 1.06. The van der Waals surface area contributed by atoms with Crippen LogP contribution in [0.2, 0.25) is 0 Å². The molecule has 5 heteroatoms. The van der Waals surface area contributed by atoms with Crippen LogP contribution in [0.5, 0.6) is 0 Å². The Morgan fingerprint density at radius 2 is 0.909 bits per heavy atom. The quantitative estimate of drug-likeness (QED) is 0.115. The molecule has 8 rings (SSSR count). The number of halogens is 2. The monoisotopic (exact) mass is 874 g/mol. The maximum atomic E-state index is 2.60. The van der Waals surface area contributed by atoms with Crippen molar-refractivity contribution in [2.24, 2.45) is 0 Å². The summed E-state index contributed by atoms with van der Waals surface area (Å²) < 4.78 is 0.944. The van der Waals surface area contributed by atoms with Gasteiger partial charge < -0.3 is 24.8 Å². The number of allylic oxidation sites excluding steroid dienone is 2. The maximum absolute atomic E-state index is 2.60. The topological polar surface area (TPSA) is 0 Å². The molecule has 0 nitrogen and oxygen atoms in total. The summed E-state index contributed by atoms with van der Waals surface area (Å²) in [4.78, 5) is 5.96. The molecule has 55 heavy (non-hydrogen) atoms. The van der Waals surface area contributed by atoms with E-state index in [1.807, 2.05) is 22.7 Å². The predicted molar refractivity (Wildman–Crippen MR) is 230 cm³/mol. The Morgan fingerprint density at radius 3 is 1.27 bits per heavy atom. The fourth-order valence-electron chi connectivity index (χ4n) is 8.18. The van der Waals surface area contributed by atoms with Crippen LogP contribution in [0.25, 0.3) is 45.6 Å². The van der Waals surface area contributed by atoms with Gasteiger partial charge in [0, 0.05) is 0 Å². The molecular weight excluding hydrogens is 827 g/mol. The molecule has 280 valence electrons. The molecule has 2 aromatic heterocycles. The first-order valence-corrected chi connectivity index (χ1v) is 24.1. The van der Waals surface area contributed by atoms with E-state index in [-0.39, 0.29) is 24.8 Å². The summed E-state index contributed by atoms with van der Waals surface area (Å²) in [5, 5.41) is 0. The summed E-state index contributed by atoms with van der Waals surface area (Å²) in [5.41, 5.74) is 17.3. The van der Waals surface area contributed by atoms with Crippen molar-refractivity contribution < 1.29 is 48.0 Å². The van der Waals surface area contributed by atoms with Gasteiger partial charge in [-0.15, -0.1) is 0 Å². The third-order valence-electron chi connectivity index (χ3n) is 11.1. The molecule has 0 N–H and O–H groups in total. The molecule has 0 radical (unpaired) electrons. The van der Waals surface area contributed by atoms with Crippen molar-refractivity contribution in [3.05, 3.63) is 162 Å². The van der Waals surface area contributed by atoms with Crippen LogP contribution in [0.4, 0.5) is 0 Å². The van der Waals surface area contributed by atoms with E-state index in [1.165, 1.54) is 76.9 Å². The largest absolute Gasteiger partial charge is 1.00 e. The Balaban J connectivity index is 0.00000257. The second-order valence-corrected chi connectivity index (χ2v) is 21.4. The standard InChI is InChI=1S/2C25H25S.2ClH.Zr/c2*1-4-6-22-13-14-25(26-22)21-15-20-7-5-8-23(24(20)16-21)19-11-9-18(10-12-19)17(2)3;;;/h2*5,7-17H,4,6H2,1-3H3;2*1H;/q;;;;+2/p-2. The molecule has 2 heterocycles. The Labute approximate surface area is 361 Å². The van der Waals surface area contributed by atoms with Gasteiger partial charge in [-0.05, 0) is 0 Å². The molecule has 2 aliphatic rings. The zero-order valence-corrected chi connectivity index (χ0v) is 38.4. The minimum absolute atomic E-state index is 0. The van der Waals surface area contributed by atoms with Crippen molar-refractivity contribution in [1.82, 2.24) is 0 Å². The average molecular weight is 877 g/mol. The number of fused-ring (bicyclic) bond motifs is 2. The van der Waals surface area contributed by atoms with E-state index in [2.05, 4.69) is 163 Å². The van der Waals surface area contributed by atoms with Crippen LogP contribution < -0.4 is 24.8 Å². The fraction of sp³-hybridized carbons (Fsp3) is 0.280. The molecule has 0 bridgehead atoms. The number of aryl methyl sites for hydroxylation is 2.